The summed E-state index contributed by atoms with van der Waals surface area (Å²) in [6.45, 7) is 2.90. The fourth-order valence-corrected chi connectivity index (χ4v) is 4.20. The quantitative estimate of drug-likeness (QED) is 0.696. The first-order valence-corrected chi connectivity index (χ1v) is 9.62. The van der Waals surface area contributed by atoms with Crippen LogP contribution >= 0.6 is 0 Å². The van der Waals surface area contributed by atoms with Crippen LogP contribution in [0.2, 0.25) is 0 Å². The number of hydrogen-bond acceptors (Lipinski definition) is 5. The second kappa shape index (κ2) is 6.62. The molecule has 5 heteroatoms. The molecule has 5 rings (SSSR count). The summed E-state index contributed by atoms with van der Waals surface area (Å²) in [7, 11) is 1.64. The third-order valence-electron chi connectivity index (χ3n) is 5.82. The Morgan fingerprint density at radius 1 is 1.07 bits per heavy atom. The molecule has 3 aromatic carbocycles. The summed E-state index contributed by atoms with van der Waals surface area (Å²) >= 11 is 0. The summed E-state index contributed by atoms with van der Waals surface area (Å²) in [6, 6.07) is 19.1. The van der Waals surface area contributed by atoms with E-state index < -0.39 is 5.60 Å². The zero-order valence-electron chi connectivity index (χ0n) is 16.3. The lowest BCUT2D eigenvalue weighted by Gasteiger charge is -2.37. The molecule has 0 saturated heterocycles. The normalized spacial score (nSPS) is 21.2. The van der Waals surface area contributed by atoms with Crippen molar-refractivity contribution >= 4 is 0 Å². The molecule has 2 heterocycles. The minimum Gasteiger partial charge on any atom is -0.504 e. The Morgan fingerprint density at radius 2 is 1.90 bits per heavy atom. The van der Waals surface area contributed by atoms with E-state index in [-0.39, 0.29) is 11.7 Å². The second-order valence-corrected chi connectivity index (χ2v) is 7.57. The SMILES string of the molecule is COc1ccc2c(c1)OC[C@@H]1c3cc(O)c(OCc4ccccc4)cc3O[C@]21C. The summed E-state index contributed by atoms with van der Waals surface area (Å²) in [5, 5.41) is 10.6. The van der Waals surface area contributed by atoms with Gasteiger partial charge < -0.3 is 24.1 Å². The molecule has 0 aromatic heterocycles. The van der Waals surface area contributed by atoms with E-state index in [9.17, 15) is 5.11 Å². The first-order valence-electron chi connectivity index (χ1n) is 9.62. The van der Waals surface area contributed by atoms with Crippen LogP contribution in [-0.2, 0) is 12.2 Å². The molecule has 148 valence electrons. The standard InChI is InChI=1S/C24H22O5/c1-24-18-9-8-16(26-2)10-22(18)28-14-19(24)17-11-20(25)23(12-21(17)29-24)27-13-15-6-4-3-5-7-15/h3-12,19,25H,13-14H2,1-2H3/t19-,24-/m1/s1. The molecule has 0 aliphatic carbocycles. The number of aromatic hydroxyl groups is 1. The van der Waals surface area contributed by atoms with Crippen molar-refractivity contribution in [3.63, 3.8) is 0 Å². The van der Waals surface area contributed by atoms with Gasteiger partial charge in [-0.15, -0.1) is 0 Å². The fraction of sp³-hybridized carbons (Fsp3) is 0.250. The van der Waals surface area contributed by atoms with Gasteiger partial charge in [-0.3, -0.25) is 0 Å². The maximum Gasteiger partial charge on any atom is 0.165 e. The monoisotopic (exact) mass is 390 g/mol. The Kier molecular flexibility index (Phi) is 4.05. The highest BCUT2D eigenvalue weighted by atomic mass is 16.5. The molecule has 0 saturated carbocycles. The lowest BCUT2D eigenvalue weighted by atomic mass is 9.79. The molecule has 0 fully saturated rings. The minimum absolute atomic E-state index is 0.0209. The van der Waals surface area contributed by atoms with Crippen LogP contribution in [-0.4, -0.2) is 18.8 Å². The Morgan fingerprint density at radius 3 is 2.69 bits per heavy atom. The highest BCUT2D eigenvalue weighted by molar-refractivity contribution is 5.58. The van der Waals surface area contributed by atoms with E-state index in [2.05, 4.69) is 6.92 Å². The maximum absolute atomic E-state index is 10.6. The van der Waals surface area contributed by atoms with Crippen LogP contribution in [0.15, 0.2) is 60.7 Å². The molecule has 0 radical (unpaired) electrons. The highest BCUT2D eigenvalue weighted by Gasteiger charge is 2.51. The van der Waals surface area contributed by atoms with Crippen molar-refractivity contribution in [3.8, 4) is 28.7 Å². The summed E-state index contributed by atoms with van der Waals surface area (Å²) in [5.74, 6) is 2.72. The lowest BCUT2D eigenvalue weighted by Crippen LogP contribution is -2.38. The molecule has 0 unspecified atom stereocenters. The van der Waals surface area contributed by atoms with E-state index in [1.54, 1.807) is 19.2 Å². The molecule has 29 heavy (non-hydrogen) atoms. The summed E-state index contributed by atoms with van der Waals surface area (Å²) < 4.78 is 23.6. The lowest BCUT2D eigenvalue weighted by molar-refractivity contribution is 0.0432. The number of phenolic OH excluding ortho intramolecular Hbond substituents is 1. The number of fused-ring (bicyclic) bond motifs is 5. The van der Waals surface area contributed by atoms with E-state index in [1.165, 1.54) is 0 Å². The van der Waals surface area contributed by atoms with Crippen LogP contribution < -0.4 is 18.9 Å². The van der Waals surface area contributed by atoms with Crippen LogP contribution in [0.4, 0.5) is 0 Å². The minimum atomic E-state index is -0.577. The van der Waals surface area contributed by atoms with Crippen LogP contribution in [0.1, 0.15) is 29.5 Å². The zero-order valence-corrected chi connectivity index (χ0v) is 16.3. The number of benzene rings is 3. The van der Waals surface area contributed by atoms with Gasteiger partial charge in [0.1, 0.15) is 29.5 Å². The number of phenols is 1. The van der Waals surface area contributed by atoms with Crippen molar-refractivity contribution in [2.24, 2.45) is 0 Å². The molecule has 2 atom stereocenters. The molecule has 5 nitrogen and oxygen atoms in total. The number of methoxy groups -OCH3 is 1. The van der Waals surface area contributed by atoms with Gasteiger partial charge in [-0.1, -0.05) is 30.3 Å². The topological polar surface area (TPSA) is 57.2 Å². The molecule has 0 spiro atoms. The molecule has 2 aliphatic heterocycles. The molecular formula is C24H22O5. The van der Waals surface area contributed by atoms with Crippen molar-refractivity contribution in [2.45, 2.75) is 25.0 Å². The van der Waals surface area contributed by atoms with E-state index in [1.807, 2.05) is 48.5 Å². The van der Waals surface area contributed by atoms with E-state index in [4.69, 9.17) is 18.9 Å². The van der Waals surface area contributed by atoms with Crippen molar-refractivity contribution in [1.29, 1.82) is 0 Å². The largest absolute Gasteiger partial charge is 0.504 e. The smallest absolute Gasteiger partial charge is 0.165 e. The molecule has 0 bridgehead atoms. The predicted molar refractivity (Wildman–Crippen MR) is 108 cm³/mol. The van der Waals surface area contributed by atoms with E-state index in [0.717, 1.165) is 28.2 Å². The van der Waals surface area contributed by atoms with Gasteiger partial charge in [0.15, 0.2) is 11.5 Å². The molecule has 3 aromatic rings. The van der Waals surface area contributed by atoms with Crippen molar-refractivity contribution in [2.75, 3.05) is 13.7 Å². The Balaban J connectivity index is 1.46. The molecule has 2 aliphatic rings. The summed E-state index contributed by atoms with van der Waals surface area (Å²) in [5.41, 5.74) is 2.35. The van der Waals surface area contributed by atoms with Gasteiger partial charge in [0.25, 0.3) is 0 Å². The molecule has 1 N–H and O–H groups in total. The maximum atomic E-state index is 10.6. The average Bonchev–Trinajstić information content (AvgIpc) is 3.03. The van der Waals surface area contributed by atoms with Gasteiger partial charge in [-0.25, -0.2) is 0 Å². The van der Waals surface area contributed by atoms with Gasteiger partial charge in [0.05, 0.1) is 19.6 Å². The van der Waals surface area contributed by atoms with Crippen molar-refractivity contribution < 1.29 is 24.1 Å². The van der Waals surface area contributed by atoms with Gasteiger partial charge in [0.2, 0.25) is 0 Å². The Bertz CT molecular complexity index is 1060. The summed E-state index contributed by atoms with van der Waals surface area (Å²) in [6.07, 6.45) is 0. The van der Waals surface area contributed by atoms with E-state index in [0.29, 0.717) is 24.7 Å². The fourth-order valence-electron chi connectivity index (χ4n) is 4.20. The van der Waals surface area contributed by atoms with Crippen LogP contribution in [0, 0.1) is 0 Å². The predicted octanol–water partition coefficient (Wildman–Crippen LogP) is 4.76. The average molecular weight is 390 g/mol. The highest BCUT2D eigenvalue weighted by Crippen LogP contribution is 2.57. The third-order valence-corrected chi connectivity index (χ3v) is 5.82. The van der Waals surface area contributed by atoms with Crippen molar-refractivity contribution in [1.82, 2.24) is 0 Å². The Hall–Kier alpha value is -3.34. The van der Waals surface area contributed by atoms with Gasteiger partial charge in [-0.2, -0.15) is 0 Å². The van der Waals surface area contributed by atoms with Gasteiger partial charge in [0, 0.05) is 23.3 Å². The first kappa shape index (κ1) is 17.7. The Labute approximate surface area is 169 Å². The van der Waals surface area contributed by atoms with Crippen LogP contribution in [0.5, 0.6) is 28.7 Å². The molecular weight excluding hydrogens is 368 g/mol. The van der Waals surface area contributed by atoms with Gasteiger partial charge >= 0.3 is 0 Å². The third kappa shape index (κ3) is 2.85. The number of rotatable bonds is 4. The number of ether oxygens (including phenoxy) is 4. The summed E-state index contributed by atoms with van der Waals surface area (Å²) in [4.78, 5) is 0. The van der Waals surface area contributed by atoms with Gasteiger partial charge in [-0.05, 0) is 30.7 Å². The van der Waals surface area contributed by atoms with E-state index >= 15 is 0 Å². The molecule has 0 amide bonds. The van der Waals surface area contributed by atoms with Crippen LogP contribution in [0.25, 0.3) is 0 Å². The first-order chi connectivity index (χ1) is 14.1. The number of hydrogen-bond donors (Lipinski definition) is 1. The van der Waals surface area contributed by atoms with Crippen molar-refractivity contribution in [3.05, 3.63) is 77.4 Å². The zero-order chi connectivity index (χ0) is 20.0. The second-order valence-electron chi connectivity index (χ2n) is 7.57. The van der Waals surface area contributed by atoms with Crippen LogP contribution in [0.3, 0.4) is 0 Å².